The van der Waals surface area contributed by atoms with Crippen LogP contribution in [0.15, 0.2) is 36.1 Å². The first kappa shape index (κ1) is 17.5. The molecule has 0 bridgehead atoms. The first-order valence-electron chi connectivity index (χ1n) is 9.43. The van der Waals surface area contributed by atoms with Gasteiger partial charge in [-0.05, 0) is 50.1 Å². The van der Waals surface area contributed by atoms with Crippen molar-refractivity contribution in [2.45, 2.75) is 31.3 Å². The summed E-state index contributed by atoms with van der Waals surface area (Å²) in [5.74, 6) is 0.0124. The van der Waals surface area contributed by atoms with Crippen molar-refractivity contribution in [3.8, 4) is 0 Å². The number of morpholine rings is 1. The number of allylic oxidation sites excluding steroid dienone is 1. The molecule has 1 aromatic rings. The highest BCUT2D eigenvalue weighted by Crippen LogP contribution is 2.36. The average molecular weight is 360 g/mol. The molecule has 1 amide bonds. The van der Waals surface area contributed by atoms with Crippen LogP contribution in [-0.4, -0.2) is 44.4 Å². The van der Waals surface area contributed by atoms with E-state index in [9.17, 15) is 9.18 Å². The maximum Gasteiger partial charge on any atom is 0.293 e. The van der Waals surface area contributed by atoms with Crippen LogP contribution in [-0.2, 0) is 14.3 Å². The third-order valence-electron chi connectivity index (χ3n) is 5.54. The number of amides is 1. The lowest BCUT2D eigenvalue weighted by atomic mass is 9.89. The third kappa shape index (κ3) is 3.48. The summed E-state index contributed by atoms with van der Waals surface area (Å²) in [6, 6.07) is 6.47. The molecule has 3 heterocycles. The second-order valence-electron chi connectivity index (χ2n) is 7.36. The number of hydrogen-bond acceptors (Lipinski definition) is 4. The molecule has 1 spiro atoms. The molecule has 3 aliphatic heterocycles. The van der Waals surface area contributed by atoms with Gasteiger partial charge < -0.3 is 14.8 Å². The fourth-order valence-corrected chi connectivity index (χ4v) is 4.01. The lowest BCUT2D eigenvalue weighted by molar-refractivity contribution is -0.130. The zero-order valence-corrected chi connectivity index (χ0v) is 14.9. The topological polar surface area (TPSA) is 50.8 Å². The number of halogens is 1. The number of piperidine rings is 1. The third-order valence-corrected chi connectivity index (χ3v) is 5.54. The molecule has 1 N–H and O–H groups in total. The van der Waals surface area contributed by atoms with Crippen LogP contribution in [0.25, 0.3) is 0 Å². The average Bonchev–Trinajstić information content (AvgIpc) is 2.67. The highest BCUT2D eigenvalue weighted by atomic mass is 19.1. The van der Waals surface area contributed by atoms with Crippen molar-refractivity contribution in [3.05, 3.63) is 41.9 Å². The minimum absolute atomic E-state index is 0.245. The molecule has 5 nitrogen and oxygen atoms in total. The van der Waals surface area contributed by atoms with Gasteiger partial charge >= 0.3 is 0 Å². The number of carbonyl (C=O) groups is 1. The standard InChI is InChI=1S/C20H25FN2O3/c21-16-3-1-2-4-17(16)23-14-20(7-9-22-10-8-20)26-18(19(23)24)13-15-5-11-25-12-6-15/h1-4,13,15,22H,5-12,14H2/b18-13-. The van der Waals surface area contributed by atoms with Crippen LogP contribution >= 0.6 is 0 Å². The van der Waals surface area contributed by atoms with Gasteiger partial charge in [-0.3, -0.25) is 9.69 Å². The van der Waals surface area contributed by atoms with Crippen molar-refractivity contribution >= 4 is 11.6 Å². The number of nitrogens with zero attached hydrogens (tertiary/aromatic N) is 1. The van der Waals surface area contributed by atoms with Crippen molar-refractivity contribution in [2.75, 3.05) is 37.7 Å². The Morgan fingerprint density at radius 2 is 1.92 bits per heavy atom. The van der Waals surface area contributed by atoms with E-state index in [1.807, 2.05) is 6.08 Å². The zero-order chi connectivity index (χ0) is 18.0. The highest BCUT2D eigenvalue weighted by Gasteiger charge is 2.45. The van der Waals surface area contributed by atoms with E-state index >= 15 is 0 Å². The molecular weight excluding hydrogens is 335 g/mol. The quantitative estimate of drug-likeness (QED) is 0.824. The summed E-state index contributed by atoms with van der Waals surface area (Å²) in [4.78, 5) is 14.7. The number of nitrogens with one attached hydrogen (secondary N) is 1. The van der Waals surface area contributed by atoms with Gasteiger partial charge in [-0.15, -0.1) is 0 Å². The first-order valence-corrected chi connectivity index (χ1v) is 9.43. The predicted molar refractivity (Wildman–Crippen MR) is 96.3 cm³/mol. The van der Waals surface area contributed by atoms with Crippen LogP contribution in [0, 0.1) is 11.7 Å². The van der Waals surface area contributed by atoms with E-state index in [2.05, 4.69) is 5.32 Å². The number of rotatable bonds is 2. The first-order chi connectivity index (χ1) is 12.7. The Bertz CT molecular complexity index is 694. The molecule has 1 aromatic carbocycles. The second kappa shape index (κ2) is 7.37. The number of hydrogen-bond donors (Lipinski definition) is 1. The van der Waals surface area contributed by atoms with Crippen molar-refractivity contribution in [2.24, 2.45) is 5.92 Å². The van der Waals surface area contributed by atoms with E-state index in [0.29, 0.717) is 31.2 Å². The van der Waals surface area contributed by atoms with Gasteiger partial charge in [0, 0.05) is 26.1 Å². The van der Waals surface area contributed by atoms with Crippen LogP contribution < -0.4 is 10.2 Å². The summed E-state index contributed by atoms with van der Waals surface area (Å²) in [6.07, 6.45) is 5.32. The van der Waals surface area contributed by atoms with Gasteiger partial charge in [0.25, 0.3) is 5.91 Å². The molecule has 0 aliphatic carbocycles. The number of ether oxygens (including phenoxy) is 2. The molecule has 4 rings (SSSR count). The Balaban J connectivity index is 1.68. The Morgan fingerprint density at radius 1 is 1.19 bits per heavy atom. The summed E-state index contributed by atoms with van der Waals surface area (Å²) in [7, 11) is 0. The van der Waals surface area contributed by atoms with E-state index < -0.39 is 5.60 Å². The lowest BCUT2D eigenvalue weighted by Gasteiger charge is -2.46. The van der Waals surface area contributed by atoms with Crippen LogP contribution in [0.5, 0.6) is 0 Å². The molecule has 3 fully saturated rings. The maximum absolute atomic E-state index is 14.4. The fraction of sp³-hybridized carbons (Fsp3) is 0.550. The van der Waals surface area contributed by atoms with Gasteiger partial charge in [0.05, 0.1) is 12.2 Å². The molecule has 0 aromatic heterocycles. The van der Waals surface area contributed by atoms with Gasteiger partial charge in [0.15, 0.2) is 5.76 Å². The van der Waals surface area contributed by atoms with Crippen molar-refractivity contribution in [3.63, 3.8) is 0 Å². The van der Waals surface area contributed by atoms with Gasteiger partial charge in [0.1, 0.15) is 11.4 Å². The molecule has 140 valence electrons. The molecule has 26 heavy (non-hydrogen) atoms. The Kier molecular flexibility index (Phi) is 4.96. The number of carbonyl (C=O) groups excluding carboxylic acids is 1. The Labute approximate surface area is 153 Å². The Morgan fingerprint density at radius 3 is 2.65 bits per heavy atom. The number of anilines is 1. The van der Waals surface area contributed by atoms with E-state index in [0.717, 1.165) is 38.8 Å². The van der Waals surface area contributed by atoms with Crippen LogP contribution in [0.4, 0.5) is 10.1 Å². The van der Waals surface area contributed by atoms with Crippen molar-refractivity contribution in [1.29, 1.82) is 0 Å². The summed E-state index contributed by atoms with van der Waals surface area (Å²) in [5, 5.41) is 3.34. The van der Waals surface area contributed by atoms with E-state index in [4.69, 9.17) is 9.47 Å². The minimum Gasteiger partial charge on any atom is -0.480 e. The molecule has 3 aliphatic rings. The second-order valence-corrected chi connectivity index (χ2v) is 7.36. The lowest BCUT2D eigenvalue weighted by Crippen LogP contribution is -2.58. The molecule has 0 unspecified atom stereocenters. The zero-order valence-electron chi connectivity index (χ0n) is 14.9. The Hall–Kier alpha value is -1.92. The number of benzene rings is 1. The van der Waals surface area contributed by atoms with Crippen LogP contribution in [0.1, 0.15) is 25.7 Å². The summed E-state index contributed by atoms with van der Waals surface area (Å²) in [6.45, 7) is 3.47. The van der Waals surface area contributed by atoms with E-state index in [-0.39, 0.29) is 17.6 Å². The molecule has 0 saturated carbocycles. The van der Waals surface area contributed by atoms with Crippen LogP contribution in [0.2, 0.25) is 0 Å². The van der Waals surface area contributed by atoms with Gasteiger partial charge in [-0.2, -0.15) is 0 Å². The predicted octanol–water partition coefficient (Wildman–Crippen LogP) is 2.62. The summed E-state index contributed by atoms with van der Waals surface area (Å²) >= 11 is 0. The monoisotopic (exact) mass is 360 g/mol. The van der Waals surface area contributed by atoms with Crippen molar-refractivity contribution in [1.82, 2.24) is 5.32 Å². The maximum atomic E-state index is 14.4. The van der Waals surface area contributed by atoms with Crippen LogP contribution in [0.3, 0.4) is 0 Å². The highest BCUT2D eigenvalue weighted by molar-refractivity contribution is 6.05. The fourth-order valence-electron chi connectivity index (χ4n) is 4.01. The van der Waals surface area contributed by atoms with Gasteiger partial charge in [-0.1, -0.05) is 12.1 Å². The minimum atomic E-state index is -0.446. The van der Waals surface area contributed by atoms with E-state index in [1.54, 1.807) is 23.1 Å². The molecule has 6 heteroatoms. The largest absolute Gasteiger partial charge is 0.480 e. The molecule has 0 radical (unpaired) electrons. The molecule has 0 atom stereocenters. The summed E-state index contributed by atoms with van der Waals surface area (Å²) in [5.41, 5.74) is -0.116. The normalized spacial score (nSPS) is 25.5. The van der Waals surface area contributed by atoms with Crippen molar-refractivity contribution < 1.29 is 18.7 Å². The summed E-state index contributed by atoms with van der Waals surface area (Å²) < 4.78 is 26.1. The van der Waals surface area contributed by atoms with Gasteiger partial charge in [0.2, 0.25) is 0 Å². The molecular formula is C20H25FN2O3. The van der Waals surface area contributed by atoms with Gasteiger partial charge in [-0.25, -0.2) is 4.39 Å². The smallest absolute Gasteiger partial charge is 0.293 e. The molecule has 3 saturated heterocycles. The number of para-hydroxylation sites is 1. The SMILES string of the molecule is O=C1/C(=C/C2CCOCC2)OC2(CCNCC2)CN1c1ccccc1F. The van der Waals surface area contributed by atoms with E-state index in [1.165, 1.54) is 6.07 Å².